The highest BCUT2D eigenvalue weighted by atomic mass is 79.9. The molecular formula is C17H24BrNO2. The van der Waals surface area contributed by atoms with E-state index in [0.29, 0.717) is 5.92 Å². The first-order valence-electron chi connectivity index (χ1n) is 7.78. The van der Waals surface area contributed by atoms with Crippen molar-refractivity contribution in [2.75, 3.05) is 19.7 Å². The van der Waals surface area contributed by atoms with E-state index in [-0.39, 0.29) is 12.5 Å². The van der Waals surface area contributed by atoms with E-state index in [1.165, 1.54) is 12.8 Å². The monoisotopic (exact) mass is 353 g/mol. The quantitative estimate of drug-likeness (QED) is 0.804. The van der Waals surface area contributed by atoms with Gasteiger partial charge in [0, 0.05) is 17.6 Å². The van der Waals surface area contributed by atoms with Gasteiger partial charge in [-0.15, -0.1) is 0 Å². The minimum atomic E-state index is 0.106. The first-order valence-corrected chi connectivity index (χ1v) is 8.57. The summed E-state index contributed by atoms with van der Waals surface area (Å²) >= 11 is 3.49. The molecule has 21 heavy (non-hydrogen) atoms. The number of benzene rings is 1. The summed E-state index contributed by atoms with van der Waals surface area (Å²) < 4.78 is 6.84. The Labute approximate surface area is 135 Å². The maximum absolute atomic E-state index is 12.3. The molecule has 0 spiro atoms. The average molecular weight is 354 g/mol. The van der Waals surface area contributed by atoms with Crippen LogP contribution in [-0.2, 0) is 4.79 Å². The Bertz CT molecular complexity index is 480. The molecule has 1 heterocycles. The zero-order chi connectivity index (χ0) is 15.2. The number of nitrogens with zero attached hydrogens (tertiary/aromatic N) is 1. The lowest BCUT2D eigenvalue weighted by molar-refractivity contribution is -0.133. The fraction of sp³-hybridized carbons (Fsp3) is 0.588. The number of likely N-dealkylation sites (tertiary alicyclic amines) is 1. The zero-order valence-corrected chi connectivity index (χ0v) is 14.5. The van der Waals surface area contributed by atoms with Gasteiger partial charge < -0.3 is 9.64 Å². The van der Waals surface area contributed by atoms with Crippen molar-refractivity contribution in [3.05, 3.63) is 28.2 Å². The van der Waals surface area contributed by atoms with E-state index >= 15 is 0 Å². The van der Waals surface area contributed by atoms with E-state index in [0.717, 1.165) is 41.7 Å². The third-order valence-electron chi connectivity index (χ3n) is 3.90. The molecule has 0 bridgehead atoms. The Morgan fingerprint density at radius 3 is 2.52 bits per heavy atom. The second-order valence-corrected chi connectivity index (χ2v) is 6.84. The number of amides is 1. The number of carbonyl (C=O) groups excluding carboxylic acids is 1. The van der Waals surface area contributed by atoms with Gasteiger partial charge in [0.15, 0.2) is 6.61 Å². The van der Waals surface area contributed by atoms with Crippen LogP contribution in [0.2, 0.25) is 0 Å². The average Bonchev–Trinajstić information content (AvgIpc) is 2.74. The van der Waals surface area contributed by atoms with Gasteiger partial charge in [0.05, 0.1) is 0 Å². The molecule has 1 aliphatic heterocycles. The predicted octanol–water partition coefficient (Wildman–Crippen LogP) is 4.35. The summed E-state index contributed by atoms with van der Waals surface area (Å²) in [6.07, 6.45) is 4.69. The predicted molar refractivity (Wildman–Crippen MR) is 88.8 cm³/mol. The van der Waals surface area contributed by atoms with Crippen molar-refractivity contribution < 1.29 is 9.53 Å². The molecule has 116 valence electrons. The van der Waals surface area contributed by atoms with Crippen LogP contribution in [0.15, 0.2) is 22.7 Å². The van der Waals surface area contributed by atoms with Crippen molar-refractivity contribution in [1.82, 2.24) is 4.90 Å². The van der Waals surface area contributed by atoms with Crippen LogP contribution in [0.25, 0.3) is 0 Å². The molecule has 3 nitrogen and oxygen atoms in total. The van der Waals surface area contributed by atoms with Crippen molar-refractivity contribution in [2.45, 2.75) is 45.4 Å². The number of ether oxygens (including phenoxy) is 1. The highest BCUT2D eigenvalue weighted by Crippen LogP contribution is 2.29. The molecular weight excluding hydrogens is 330 g/mol. The van der Waals surface area contributed by atoms with Gasteiger partial charge in [0.1, 0.15) is 5.75 Å². The molecule has 1 amide bonds. The van der Waals surface area contributed by atoms with Gasteiger partial charge in [-0.1, -0.05) is 42.6 Å². The molecule has 4 heteroatoms. The van der Waals surface area contributed by atoms with Gasteiger partial charge in [-0.05, 0) is 42.5 Å². The zero-order valence-electron chi connectivity index (χ0n) is 12.9. The van der Waals surface area contributed by atoms with Crippen LogP contribution in [0.4, 0.5) is 0 Å². The number of hydrogen-bond donors (Lipinski definition) is 0. The molecule has 0 unspecified atom stereocenters. The van der Waals surface area contributed by atoms with Gasteiger partial charge in [0.25, 0.3) is 5.91 Å². The second-order valence-electron chi connectivity index (χ2n) is 5.92. The van der Waals surface area contributed by atoms with E-state index in [9.17, 15) is 4.79 Å². The standard InChI is InChI=1S/C17H24BrNO2/c1-13(2)15-11-14(18)7-8-16(15)21-12-17(20)19-9-5-3-4-6-10-19/h7-8,11,13H,3-6,9-10,12H2,1-2H3. The smallest absolute Gasteiger partial charge is 0.260 e. The Balaban J connectivity index is 1.97. The second kappa shape index (κ2) is 7.83. The van der Waals surface area contributed by atoms with Gasteiger partial charge in [-0.3, -0.25) is 4.79 Å². The van der Waals surface area contributed by atoms with Crippen molar-refractivity contribution in [1.29, 1.82) is 0 Å². The number of halogens is 1. The summed E-state index contributed by atoms with van der Waals surface area (Å²) in [5.41, 5.74) is 1.13. The Kier molecular flexibility index (Phi) is 6.09. The number of rotatable bonds is 4. The van der Waals surface area contributed by atoms with Crippen LogP contribution < -0.4 is 4.74 Å². The lowest BCUT2D eigenvalue weighted by atomic mass is 10.0. The first-order chi connectivity index (χ1) is 10.1. The largest absolute Gasteiger partial charge is 0.483 e. The maximum atomic E-state index is 12.3. The van der Waals surface area contributed by atoms with E-state index in [2.05, 4.69) is 35.8 Å². The Morgan fingerprint density at radius 1 is 1.24 bits per heavy atom. The third-order valence-corrected chi connectivity index (χ3v) is 4.40. The Hall–Kier alpha value is -1.03. The fourth-order valence-corrected chi connectivity index (χ4v) is 3.03. The van der Waals surface area contributed by atoms with Gasteiger partial charge in [-0.25, -0.2) is 0 Å². The molecule has 0 N–H and O–H groups in total. The van der Waals surface area contributed by atoms with Crippen LogP contribution in [-0.4, -0.2) is 30.5 Å². The van der Waals surface area contributed by atoms with E-state index in [1.807, 2.05) is 17.0 Å². The normalized spacial score (nSPS) is 15.9. The lowest BCUT2D eigenvalue weighted by Crippen LogP contribution is -2.35. The van der Waals surface area contributed by atoms with E-state index < -0.39 is 0 Å². The van der Waals surface area contributed by atoms with Gasteiger partial charge >= 0.3 is 0 Å². The highest BCUT2D eigenvalue weighted by molar-refractivity contribution is 9.10. The summed E-state index contributed by atoms with van der Waals surface area (Å²) in [6.45, 7) is 6.15. The molecule has 0 saturated carbocycles. The highest BCUT2D eigenvalue weighted by Gasteiger charge is 2.17. The van der Waals surface area contributed by atoms with Gasteiger partial charge in [-0.2, -0.15) is 0 Å². The van der Waals surface area contributed by atoms with Crippen LogP contribution >= 0.6 is 15.9 Å². The third kappa shape index (κ3) is 4.73. The van der Waals surface area contributed by atoms with Crippen LogP contribution in [0.3, 0.4) is 0 Å². The lowest BCUT2D eigenvalue weighted by Gasteiger charge is -2.21. The molecule has 1 aromatic carbocycles. The van der Waals surface area contributed by atoms with Crippen LogP contribution in [0, 0.1) is 0 Å². The molecule has 0 aliphatic carbocycles. The number of hydrogen-bond acceptors (Lipinski definition) is 2. The van der Waals surface area contributed by atoms with E-state index in [1.54, 1.807) is 0 Å². The maximum Gasteiger partial charge on any atom is 0.260 e. The van der Waals surface area contributed by atoms with E-state index in [4.69, 9.17) is 4.74 Å². The fourth-order valence-electron chi connectivity index (χ4n) is 2.65. The van der Waals surface area contributed by atoms with Crippen molar-refractivity contribution in [2.24, 2.45) is 0 Å². The molecule has 0 atom stereocenters. The molecule has 1 aliphatic rings. The summed E-state index contributed by atoms with van der Waals surface area (Å²) in [5, 5.41) is 0. The first kappa shape index (κ1) is 16.3. The van der Waals surface area contributed by atoms with Crippen molar-refractivity contribution >= 4 is 21.8 Å². The van der Waals surface area contributed by atoms with Crippen LogP contribution in [0.5, 0.6) is 5.75 Å². The minimum absolute atomic E-state index is 0.106. The summed E-state index contributed by atoms with van der Waals surface area (Å²) in [7, 11) is 0. The van der Waals surface area contributed by atoms with Crippen molar-refractivity contribution in [3.8, 4) is 5.75 Å². The molecule has 0 aromatic heterocycles. The van der Waals surface area contributed by atoms with Gasteiger partial charge in [0.2, 0.25) is 0 Å². The summed E-state index contributed by atoms with van der Waals surface area (Å²) in [5.74, 6) is 1.29. The SMILES string of the molecule is CC(C)c1cc(Br)ccc1OCC(=O)N1CCCCCC1. The topological polar surface area (TPSA) is 29.5 Å². The summed E-state index contributed by atoms with van der Waals surface area (Å²) in [4.78, 5) is 14.2. The van der Waals surface area contributed by atoms with Crippen LogP contribution in [0.1, 0.15) is 51.0 Å². The molecule has 1 fully saturated rings. The molecule has 0 radical (unpaired) electrons. The number of carbonyl (C=O) groups is 1. The minimum Gasteiger partial charge on any atom is -0.483 e. The molecule has 1 saturated heterocycles. The summed E-state index contributed by atoms with van der Waals surface area (Å²) in [6, 6.07) is 5.96. The Morgan fingerprint density at radius 2 is 1.90 bits per heavy atom. The molecule has 2 rings (SSSR count). The van der Waals surface area contributed by atoms with Crippen molar-refractivity contribution in [3.63, 3.8) is 0 Å². The molecule has 1 aromatic rings.